The number of fused-ring (bicyclic) bond motifs is 1. The van der Waals surface area contributed by atoms with E-state index in [0.717, 1.165) is 66.8 Å². The van der Waals surface area contributed by atoms with Crippen LogP contribution in [0.1, 0.15) is 49.6 Å². The average Bonchev–Trinajstić information content (AvgIpc) is 3.56. The van der Waals surface area contributed by atoms with Gasteiger partial charge >= 0.3 is 0 Å². The number of halogens is 2. The summed E-state index contributed by atoms with van der Waals surface area (Å²) in [6.07, 6.45) is 8.39. The highest BCUT2D eigenvalue weighted by molar-refractivity contribution is 6.32. The molecule has 0 amide bonds. The molecule has 2 fully saturated rings. The van der Waals surface area contributed by atoms with Crippen molar-refractivity contribution in [1.82, 2.24) is 24.6 Å². The van der Waals surface area contributed by atoms with Gasteiger partial charge in [0.2, 0.25) is 5.95 Å². The lowest BCUT2D eigenvalue weighted by atomic mass is 9.89. The monoisotopic (exact) mass is 455 g/mol. The Labute approximate surface area is 191 Å². The Morgan fingerprint density at radius 1 is 1.13 bits per heavy atom. The highest BCUT2D eigenvalue weighted by Gasteiger charge is 2.27. The molecule has 0 bridgehead atoms. The summed E-state index contributed by atoms with van der Waals surface area (Å²) < 4.78 is 1.85. The van der Waals surface area contributed by atoms with Gasteiger partial charge in [0.05, 0.1) is 29.5 Å². The van der Waals surface area contributed by atoms with Crippen LogP contribution < -0.4 is 5.32 Å². The van der Waals surface area contributed by atoms with Gasteiger partial charge < -0.3 is 10.2 Å². The van der Waals surface area contributed by atoms with E-state index in [9.17, 15) is 0 Å². The molecule has 3 heterocycles. The summed E-state index contributed by atoms with van der Waals surface area (Å²) in [5, 5.41) is 18.6. The van der Waals surface area contributed by atoms with Crippen LogP contribution in [-0.2, 0) is 0 Å². The number of likely N-dealkylation sites (tertiary alicyclic amines) is 1. The molecule has 0 spiro atoms. The van der Waals surface area contributed by atoms with Crippen LogP contribution in [0.3, 0.4) is 0 Å². The molecule has 160 valence electrons. The van der Waals surface area contributed by atoms with Crippen LogP contribution in [0.15, 0.2) is 24.5 Å². The predicted molar refractivity (Wildman–Crippen MR) is 122 cm³/mol. The molecule has 1 saturated heterocycles. The SMILES string of the molecule is N#CCCN1CCC(c2cc3nc(Nc4cnn(C5CC5)c4Cl)ncc3cc2Cl)CC1. The molecule has 9 heteroatoms. The lowest BCUT2D eigenvalue weighted by Crippen LogP contribution is -2.33. The molecule has 1 aromatic carbocycles. The van der Waals surface area contributed by atoms with E-state index in [1.54, 1.807) is 12.4 Å². The summed E-state index contributed by atoms with van der Waals surface area (Å²) in [6.45, 7) is 2.82. The number of anilines is 2. The van der Waals surface area contributed by atoms with Crippen LogP contribution in [0, 0.1) is 11.3 Å². The molecule has 31 heavy (non-hydrogen) atoms. The van der Waals surface area contributed by atoms with Crippen LogP contribution in [-0.4, -0.2) is 44.3 Å². The highest BCUT2D eigenvalue weighted by Crippen LogP contribution is 2.39. The van der Waals surface area contributed by atoms with Crippen LogP contribution >= 0.6 is 23.2 Å². The van der Waals surface area contributed by atoms with Gasteiger partial charge in [-0.05, 0) is 62.4 Å². The number of nitriles is 1. The standard InChI is InChI=1S/C22H23Cl2N7/c23-18-10-15-12-26-22(29-20-13-27-31(21(20)24)16-2-3-16)28-19(15)11-17(18)14-4-8-30(9-5-14)7-1-6-25/h10-14,16H,1-5,7-9H2,(H,26,28,29). The number of rotatable bonds is 6. The molecule has 3 aromatic rings. The number of nitrogens with one attached hydrogen (secondary N) is 1. The van der Waals surface area contributed by atoms with Crippen LogP contribution in [0.2, 0.25) is 10.2 Å². The molecule has 2 aromatic heterocycles. The van der Waals surface area contributed by atoms with Crippen molar-refractivity contribution in [2.45, 2.75) is 44.1 Å². The van der Waals surface area contributed by atoms with Gasteiger partial charge in [-0.3, -0.25) is 0 Å². The van der Waals surface area contributed by atoms with Crippen LogP contribution in [0.4, 0.5) is 11.6 Å². The summed E-state index contributed by atoms with van der Waals surface area (Å²) in [6, 6.07) is 6.69. The van der Waals surface area contributed by atoms with Crippen LogP contribution in [0.25, 0.3) is 10.9 Å². The van der Waals surface area contributed by atoms with Gasteiger partial charge in [-0.2, -0.15) is 10.4 Å². The quantitative estimate of drug-likeness (QED) is 0.542. The smallest absolute Gasteiger partial charge is 0.227 e. The Kier molecular flexibility index (Phi) is 5.70. The summed E-state index contributed by atoms with van der Waals surface area (Å²) in [7, 11) is 0. The summed E-state index contributed by atoms with van der Waals surface area (Å²) in [4.78, 5) is 11.5. The van der Waals surface area contributed by atoms with Crippen molar-refractivity contribution in [3.05, 3.63) is 40.3 Å². The molecular formula is C22H23Cl2N7. The van der Waals surface area contributed by atoms with E-state index in [0.29, 0.717) is 35.2 Å². The Balaban J connectivity index is 1.35. The summed E-state index contributed by atoms with van der Waals surface area (Å²) in [5.41, 5.74) is 2.71. The minimum atomic E-state index is 0.396. The summed E-state index contributed by atoms with van der Waals surface area (Å²) >= 11 is 13.1. The maximum absolute atomic E-state index is 8.80. The van der Waals surface area contributed by atoms with E-state index in [1.165, 1.54) is 0 Å². The molecule has 1 aliphatic carbocycles. The van der Waals surface area contributed by atoms with E-state index in [2.05, 4.69) is 32.4 Å². The maximum atomic E-state index is 8.80. The van der Waals surface area contributed by atoms with Crippen molar-refractivity contribution in [2.24, 2.45) is 0 Å². The molecule has 0 unspecified atom stereocenters. The molecule has 1 saturated carbocycles. The highest BCUT2D eigenvalue weighted by atomic mass is 35.5. The number of piperidine rings is 1. The fourth-order valence-corrected chi connectivity index (χ4v) is 4.85. The average molecular weight is 456 g/mol. The number of benzene rings is 1. The van der Waals surface area contributed by atoms with E-state index in [4.69, 9.17) is 33.4 Å². The van der Waals surface area contributed by atoms with Gasteiger partial charge in [-0.15, -0.1) is 0 Å². The zero-order valence-corrected chi connectivity index (χ0v) is 18.6. The minimum Gasteiger partial charge on any atom is -0.320 e. The Bertz CT molecular complexity index is 1140. The molecule has 0 radical (unpaired) electrons. The van der Waals surface area contributed by atoms with Crippen molar-refractivity contribution in [3.8, 4) is 6.07 Å². The van der Waals surface area contributed by atoms with Crippen molar-refractivity contribution in [3.63, 3.8) is 0 Å². The second-order valence-electron chi connectivity index (χ2n) is 8.30. The van der Waals surface area contributed by atoms with Gasteiger partial charge in [-0.1, -0.05) is 23.2 Å². The third-order valence-corrected chi connectivity index (χ3v) is 6.84. The zero-order chi connectivity index (χ0) is 21.4. The van der Waals surface area contributed by atoms with Crippen molar-refractivity contribution >= 4 is 45.7 Å². The Morgan fingerprint density at radius 3 is 2.68 bits per heavy atom. The van der Waals surface area contributed by atoms with Gasteiger partial charge in [0.1, 0.15) is 0 Å². The first-order valence-corrected chi connectivity index (χ1v) is 11.4. The zero-order valence-electron chi connectivity index (χ0n) is 17.1. The Morgan fingerprint density at radius 2 is 1.94 bits per heavy atom. The van der Waals surface area contributed by atoms with E-state index in [1.807, 2.05) is 10.7 Å². The Hall–Kier alpha value is -2.40. The summed E-state index contributed by atoms with van der Waals surface area (Å²) in [5.74, 6) is 0.886. The number of hydrogen-bond donors (Lipinski definition) is 1. The lowest BCUT2D eigenvalue weighted by Gasteiger charge is -2.32. The van der Waals surface area contributed by atoms with Crippen LogP contribution in [0.5, 0.6) is 0 Å². The van der Waals surface area contributed by atoms with Crippen molar-refractivity contribution in [2.75, 3.05) is 25.0 Å². The molecular weight excluding hydrogens is 433 g/mol. The molecule has 1 aliphatic heterocycles. The first kappa shape index (κ1) is 20.5. The number of nitrogens with zero attached hydrogens (tertiary/aromatic N) is 6. The molecule has 2 aliphatic rings. The van der Waals surface area contributed by atoms with Crippen molar-refractivity contribution in [1.29, 1.82) is 5.26 Å². The molecule has 7 nitrogen and oxygen atoms in total. The second-order valence-corrected chi connectivity index (χ2v) is 9.07. The fraction of sp³-hybridized carbons (Fsp3) is 0.455. The van der Waals surface area contributed by atoms with E-state index in [-0.39, 0.29) is 0 Å². The van der Waals surface area contributed by atoms with Gasteiger partial charge in [0, 0.05) is 29.6 Å². The molecule has 5 rings (SSSR count). The number of hydrogen-bond acceptors (Lipinski definition) is 6. The molecule has 1 N–H and O–H groups in total. The van der Waals surface area contributed by atoms with Gasteiger partial charge in [0.15, 0.2) is 5.15 Å². The maximum Gasteiger partial charge on any atom is 0.227 e. The number of aromatic nitrogens is 4. The lowest BCUT2D eigenvalue weighted by molar-refractivity contribution is 0.216. The van der Waals surface area contributed by atoms with E-state index >= 15 is 0 Å². The third-order valence-electron chi connectivity index (χ3n) is 6.14. The largest absolute Gasteiger partial charge is 0.320 e. The van der Waals surface area contributed by atoms with Gasteiger partial charge in [-0.25, -0.2) is 14.6 Å². The minimum absolute atomic E-state index is 0.396. The first-order valence-electron chi connectivity index (χ1n) is 10.7. The molecule has 0 atom stereocenters. The topological polar surface area (TPSA) is 82.7 Å². The second kappa shape index (κ2) is 8.62. The third kappa shape index (κ3) is 4.33. The normalized spacial score (nSPS) is 17.7. The van der Waals surface area contributed by atoms with Crippen molar-refractivity contribution < 1.29 is 0 Å². The predicted octanol–water partition coefficient (Wildman–Crippen LogP) is 5.30. The van der Waals surface area contributed by atoms with E-state index < -0.39 is 0 Å². The van der Waals surface area contributed by atoms with Gasteiger partial charge in [0.25, 0.3) is 0 Å². The first-order chi connectivity index (χ1) is 15.1. The fourth-order valence-electron chi connectivity index (χ4n) is 4.24.